The van der Waals surface area contributed by atoms with Gasteiger partial charge in [0.1, 0.15) is 17.4 Å². The van der Waals surface area contributed by atoms with Gasteiger partial charge in [-0.1, -0.05) is 41.9 Å². The van der Waals surface area contributed by atoms with E-state index in [4.69, 9.17) is 22.1 Å². The Balaban J connectivity index is 1.70. The molecule has 5 aromatic rings. The van der Waals surface area contributed by atoms with Crippen LogP contribution in [-0.4, -0.2) is 16.1 Å². The number of aromatic amines is 1. The number of nitrogen functional groups attached to an aromatic ring is 1. The standard InChI is InChI=1S/C27H16ClF5N4O2/c28-19-7-6-16(29)11-21(19)39-24-20(35-26(38)14-8-15(27(31,32)33)10-17(30)9-14)12-18(13-4-2-1-3-5-13)23-22(24)25(34)37-36-23/h1-12H,(H,35,38)(H3,34,36,37). The number of anilines is 2. The Morgan fingerprint density at radius 3 is 2.44 bits per heavy atom. The van der Waals surface area contributed by atoms with Gasteiger partial charge in [-0.05, 0) is 42.0 Å². The average molecular weight is 559 g/mol. The SMILES string of the molecule is Nc1n[nH]c2c(-c3ccccc3)cc(NC(=O)c3cc(F)cc(C(F)(F)F)c3)c(Oc3cc(F)ccc3Cl)c12. The number of nitrogens with one attached hydrogen (secondary N) is 2. The number of fused-ring (bicyclic) bond motifs is 1. The lowest BCUT2D eigenvalue weighted by atomic mass is 10.0. The molecule has 0 radical (unpaired) electrons. The molecule has 0 unspecified atom stereocenters. The molecular weight excluding hydrogens is 543 g/mol. The minimum atomic E-state index is -4.88. The fraction of sp³-hybridized carbons (Fsp3) is 0.0370. The zero-order valence-corrected chi connectivity index (χ0v) is 20.3. The first kappa shape index (κ1) is 26.0. The van der Waals surface area contributed by atoms with Crippen LogP contribution in [0.1, 0.15) is 15.9 Å². The molecule has 39 heavy (non-hydrogen) atoms. The molecule has 1 amide bonds. The van der Waals surface area contributed by atoms with Crippen LogP contribution in [0.5, 0.6) is 11.5 Å². The number of alkyl halides is 3. The second kappa shape index (κ2) is 9.91. The van der Waals surface area contributed by atoms with Crippen molar-refractivity contribution in [1.29, 1.82) is 0 Å². The maximum atomic E-state index is 14.0. The largest absolute Gasteiger partial charge is 0.453 e. The maximum absolute atomic E-state index is 14.0. The third kappa shape index (κ3) is 5.21. The second-order valence-corrected chi connectivity index (χ2v) is 8.79. The lowest BCUT2D eigenvalue weighted by Crippen LogP contribution is -2.15. The van der Waals surface area contributed by atoms with Crippen molar-refractivity contribution in [3.05, 3.63) is 101 Å². The van der Waals surface area contributed by atoms with E-state index in [2.05, 4.69) is 15.5 Å². The van der Waals surface area contributed by atoms with Gasteiger partial charge in [0, 0.05) is 17.2 Å². The summed E-state index contributed by atoms with van der Waals surface area (Å²) in [6.07, 6.45) is -4.88. The Hall–Kier alpha value is -4.64. The number of hydrogen-bond acceptors (Lipinski definition) is 4. The first-order chi connectivity index (χ1) is 18.5. The van der Waals surface area contributed by atoms with E-state index in [9.17, 15) is 26.7 Å². The van der Waals surface area contributed by atoms with Crippen LogP contribution in [0.4, 0.5) is 33.5 Å². The summed E-state index contributed by atoms with van der Waals surface area (Å²) in [6, 6.07) is 15.2. The highest BCUT2D eigenvalue weighted by molar-refractivity contribution is 6.32. The molecule has 0 spiro atoms. The fourth-order valence-electron chi connectivity index (χ4n) is 3.99. The third-order valence-corrected chi connectivity index (χ3v) is 6.06. The number of halogens is 6. The first-order valence-electron chi connectivity index (χ1n) is 11.2. The van der Waals surface area contributed by atoms with Crippen molar-refractivity contribution in [3.63, 3.8) is 0 Å². The Kier molecular flexibility index (Phi) is 6.61. The van der Waals surface area contributed by atoms with Crippen LogP contribution in [0.2, 0.25) is 5.02 Å². The predicted molar refractivity (Wildman–Crippen MR) is 137 cm³/mol. The highest BCUT2D eigenvalue weighted by Crippen LogP contribution is 2.45. The maximum Gasteiger partial charge on any atom is 0.416 e. The van der Waals surface area contributed by atoms with Gasteiger partial charge in [-0.15, -0.1) is 0 Å². The number of benzene rings is 4. The van der Waals surface area contributed by atoms with E-state index in [1.165, 1.54) is 12.1 Å². The molecule has 0 aliphatic heterocycles. The molecule has 198 valence electrons. The molecular formula is C27H16ClF5N4O2. The van der Waals surface area contributed by atoms with Crippen molar-refractivity contribution in [2.75, 3.05) is 11.1 Å². The van der Waals surface area contributed by atoms with E-state index < -0.39 is 34.8 Å². The van der Waals surface area contributed by atoms with Crippen molar-refractivity contribution >= 4 is 39.9 Å². The number of nitrogens with zero attached hydrogens (tertiary/aromatic N) is 1. The zero-order valence-electron chi connectivity index (χ0n) is 19.5. The smallest absolute Gasteiger partial charge is 0.416 e. The van der Waals surface area contributed by atoms with E-state index in [1.807, 2.05) is 0 Å². The van der Waals surface area contributed by atoms with Crippen LogP contribution in [0.25, 0.3) is 22.0 Å². The number of rotatable bonds is 5. The topological polar surface area (TPSA) is 93.0 Å². The van der Waals surface area contributed by atoms with Gasteiger partial charge in [0.2, 0.25) is 0 Å². The number of aromatic nitrogens is 2. The van der Waals surface area contributed by atoms with Crippen molar-refractivity contribution in [2.45, 2.75) is 6.18 Å². The van der Waals surface area contributed by atoms with Gasteiger partial charge in [0.05, 0.1) is 27.2 Å². The number of hydrogen-bond donors (Lipinski definition) is 3. The molecule has 0 bridgehead atoms. The van der Waals surface area contributed by atoms with Gasteiger partial charge in [-0.3, -0.25) is 9.89 Å². The average Bonchev–Trinajstić information content (AvgIpc) is 3.28. The molecule has 1 aromatic heterocycles. The van der Waals surface area contributed by atoms with E-state index in [1.54, 1.807) is 30.3 Å². The number of nitrogens with two attached hydrogens (primary N) is 1. The fourth-order valence-corrected chi connectivity index (χ4v) is 4.14. The van der Waals surface area contributed by atoms with Crippen LogP contribution < -0.4 is 15.8 Å². The molecule has 4 aromatic carbocycles. The van der Waals surface area contributed by atoms with E-state index in [0.29, 0.717) is 28.8 Å². The van der Waals surface area contributed by atoms with Crippen molar-refractivity contribution < 1.29 is 31.5 Å². The summed E-state index contributed by atoms with van der Waals surface area (Å²) in [5, 5.41) is 9.51. The molecule has 0 saturated heterocycles. The summed E-state index contributed by atoms with van der Waals surface area (Å²) < 4.78 is 73.7. The van der Waals surface area contributed by atoms with E-state index in [0.717, 1.165) is 12.1 Å². The van der Waals surface area contributed by atoms with Gasteiger partial charge >= 0.3 is 6.18 Å². The second-order valence-electron chi connectivity index (χ2n) is 8.38. The normalized spacial score (nSPS) is 11.5. The van der Waals surface area contributed by atoms with Crippen LogP contribution in [0, 0.1) is 11.6 Å². The number of carbonyl (C=O) groups excluding carboxylic acids is 1. The highest BCUT2D eigenvalue weighted by atomic mass is 35.5. The number of carbonyl (C=O) groups is 1. The van der Waals surface area contributed by atoms with E-state index >= 15 is 0 Å². The Labute approximate surface area is 222 Å². The summed E-state index contributed by atoms with van der Waals surface area (Å²) in [6.45, 7) is 0. The van der Waals surface area contributed by atoms with Crippen molar-refractivity contribution in [2.24, 2.45) is 0 Å². The molecule has 12 heteroatoms. The monoisotopic (exact) mass is 558 g/mol. The third-order valence-electron chi connectivity index (χ3n) is 5.75. The zero-order chi connectivity index (χ0) is 27.9. The first-order valence-corrected chi connectivity index (χ1v) is 11.6. The minimum Gasteiger partial charge on any atom is -0.453 e. The quantitative estimate of drug-likeness (QED) is 0.192. The van der Waals surface area contributed by atoms with E-state index in [-0.39, 0.29) is 39.5 Å². The molecule has 0 aliphatic carbocycles. The molecule has 0 aliphatic rings. The Bertz CT molecular complexity index is 1720. The van der Waals surface area contributed by atoms with Crippen LogP contribution >= 0.6 is 11.6 Å². The molecule has 0 saturated carbocycles. The summed E-state index contributed by atoms with van der Waals surface area (Å²) >= 11 is 6.19. The molecule has 4 N–H and O–H groups in total. The van der Waals surface area contributed by atoms with Crippen molar-refractivity contribution in [3.8, 4) is 22.6 Å². The van der Waals surface area contributed by atoms with Crippen LogP contribution in [0.15, 0.2) is 72.8 Å². The molecule has 5 rings (SSSR count). The van der Waals surface area contributed by atoms with Crippen LogP contribution in [0.3, 0.4) is 0 Å². The number of amides is 1. The van der Waals surface area contributed by atoms with Crippen molar-refractivity contribution in [1.82, 2.24) is 10.2 Å². The molecule has 6 nitrogen and oxygen atoms in total. The lowest BCUT2D eigenvalue weighted by Gasteiger charge is -2.17. The summed E-state index contributed by atoms with van der Waals surface area (Å²) in [7, 11) is 0. The Morgan fingerprint density at radius 1 is 0.974 bits per heavy atom. The molecule has 0 atom stereocenters. The molecule has 0 fully saturated rings. The Morgan fingerprint density at radius 2 is 1.72 bits per heavy atom. The number of ether oxygens (including phenoxy) is 1. The minimum absolute atomic E-state index is 0.0241. The predicted octanol–water partition coefficient (Wildman–Crippen LogP) is 7.81. The van der Waals surface area contributed by atoms with Gasteiger partial charge in [0.15, 0.2) is 11.6 Å². The molecule has 1 heterocycles. The number of H-pyrrole nitrogens is 1. The lowest BCUT2D eigenvalue weighted by molar-refractivity contribution is -0.137. The summed E-state index contributed by atoms with van der Waals surface area (Å²) in [5.74, 6) is -3.30. The summed E-state index contributed by atoms with van der Waals surface area (Å²) in [4.78, 5) is 13.1. The van der Waals surface area contributed by atoms with Gasteiger partial charge in [-0.2, -0.15) is 18.3 Å². The van der Waals surface area contributed by atoms with Gasteiger partial charge < -0.3 is 15.8 Å². The van der Waals surface area contributed by atoms with Gasteiger partial charge in [-0.25, -0.2) is 8.78 Å². The highest BCUT2D eigenvalue weighted by Gasteiger charge is 2.32. The van der Waals surface area contributed by atoms with Crippen LogP contribution in [-0.2, 0) is 6.18 Å². The summed E-state index contributed by atoms with van der Waals surface area (Å²) in [5.41, 5.74) is 5.68. The van der Waals surface area contributed by atoms with Gasteiger partial charge in [0.25, 0.3) is 5.91 Å².